The van der Waals surface area contributed by atoms with Crippen LogP contribution in [0.5, 0.6) is 0 Å². The molecule has 0 saturated carbocycles. The van der Waals surface area contributed by atoms with Gasteiger partial charge in [0.05, 0.1) is 0 Å². The molecule has 2 aliphatic rings. The summed E-state index contributed by atoms with van der Waals surface area (Å²) >= 11 is 0. The van der Waals surface area contributed by atoms with E-state index in [-0.39, 0.29) is 0 Å². The zero-order valence-corrected chi connectivity index (χ0v) is 13.8. The van der Waals surface area contributed by atoms with Crippen molar-refractivity contribution in [3.63, 3.8) is 0 Å². The molecule has 1 N–H and O–H groups in total. The van der Waals surface area contributed by atoms with Crippen LogP contribution < -0.4 is 5.32 Å². The van der Waals surface area contributed by atoms with Crippen LogP contribution in [0.1, 0.15) is 12.8 Å². The van der Waals surface area contributed by atoms with Gasteiger partial charge in [0.15, 0.2) is 8.32 Å². The molecule has 1 heterocycles. The van der Waals surface area contributed by atoms with Crippen molar-refractivity contribution in [2.45, 2.75) is 45.6 Å². The zero-order chi connectivity index (χ0) is 12.7. The summed E-state index contributed by atoms with van der Waals surface area (Å²) in [7, 11) is -2.32. The predicted octanol–water partition coefficient (Wildman–Crippen LogP) is 3.20. The van der Waals surface area contributed by atoms with E-state index in [0.717, 1.165) is 26.0 Å². The van der Waals surface area contributed by atoms with Gasteiger partial charge in [0, 0.05) is 25.3 Å². The van der Waals surface area contributed by atoms with E-state index >= 15 is 0 Å². The van der Waals surface area contributed by atoms with E-state index in [2.05, 4.69) is 44.1 Å². The van der Waals surface area contributed by atoms with Crippen molar-refractivity contribution in [1.29, 1.82) is 0 Å². The minimum Gasteiger partial charge on any atom is -0.418 e. The lowest BCUT2D eigenvalue weighted by Gasteiger charge is -2.17. The Bertz CT molecular complexity index is 377. The molecule has 1 aliphatic carbocycles. The van der Waals surface area contributed by atoms with Crippen molar-refractivity contribution in [3.05, 3.63) is 22.2 Å². The molecule has 4 heteroatoms. The fourth-order valence-corrected chi connectivity index (χ4v) is 6.86. The Morgan fingerprint density at radius 2 is 2.06 bits per heavy atom. The van der Waals surface area contributed by atoms with Gasteiger partial charge in [-0.1, -0.05) is 24.4 Å². The van der Waals surface area contributed by atoms with Crippen LogP contribution in [-0.2, 0) is 4.43 Å². The molecule has 0 atom stereocenters. The van der Waals surface area contributed by atoms with Gasteiger partial charge in [0.2, 0.25) is 0 Å². The first-order chi connectivity index (χ1) is 7.82. The highest BCUT2D eigenvalue weighted by Crippen LogP contribution is 2.52. The largest absolute Gasteiger partial charge is 0.418 e. The van der Waals surface area contributed by atoms with E-state index in [1.54, 1.807) is 10.4 Å². The van der Waals surface area contributed by atoms with Gasteiger partial charge in [-0.05, 0) is 31.3 Å². The molecule has 0 amide bonds. The average molecular weight is 268 g/mol. The lowest BCUT2D eigenvalue weighted by molar-refractivity contribution is 0.304. The molecule has 2 nitrogen and oxygen atoms in total. The topological polar surface area (TPSA) is 21.3 Å². The average Bonchev–Trinajstić information content (AvgIpc) is 2.59. The summed E-state index contributed by atoms with van der Waals surface area (Å²) < 4.78 is 5.85. The molecule has 0 aromatic carbocycles. The second kappa shape index (κ2) is 4.41. The van der Waals surface area contributed by atoms with Gasteiger partial charge in [-0.25, -0.2) is 0 Å². The van der Waals surface area contributed by atoms with Crippen molar-refractivity contribution < 1.29 is 4.43 Å². The first-order valence-corrected chi connectivity index (χ1v) is 13.1. The fraction of sp³-hybridized carbons (Fsp3) is 0.692. The van der Waals surface area contributed by atoms with Gasteiger partial charge in [0.25, 0.3) is 0 Å². The Hall–Kier alpha value is -0.326. The molecule has 1 saturated heterocycles. The molecule has 1 aliphatic heterocycles. The smallest absolute Gasteiger partial charge is 0.183 e. The Morgan fingerprint density at radius 1 is 1.35 bits per heavy atom. The molecule has 0 radical (unpaired) electrons. The summed E-state index contributed by atoms with van der Waals surface area (Å²) in [5, 5.41) is 7.03. The highest BCUT2D eigenvalue weighted by Gasteiger charge is 2.52. The molecular weight excluding hydrogens is 242 g/mol. The molecule has 2 rings (SSSR count). The van der Waals surface area contributed by atoms with Crippen LogP contribution >= 0.6 is 0 Å². The number of allylic oxidation sites excluding steroid dienone is 3. The molecule has 96 valence electrons. The molecule has 1 fully saturated rings. The SMILES string of the molecule is C[Si](C)(C)OCCCNC1=C2C(=CC1)[Si]2(C)C. The zero-order valence-electron chi connectivity index (χ0n) is 11.8. The molecular formula is C13H25NOSi2. The first-order valence-electron chi connectivity index (χ1n) is 6.65. The second-order valence-corrected chi connectivity index (χ2v) is 15.3. The molecule has 0 aromatic heterocycles. The van der Waals surface area contributed by atoms with E-state index < -0.39 is 16.4 Å². The van der Waals surface area contributed by atoms with Crippen molar-refractivity contribution in [2.75, 3.05) is 13.2 Å². The summed E-state index contributed by atoms with van der Waals surface area (Å²) in [4.78, 5) is 0. The number of nitrogens with one attached hydrogen (secondary N) is 1. The minimum absolute atomic E-state index is 0.909. The van der Waals surface area contributed by atoms with Crippen LogP contribution in [0.15, 0.2) is 22.2 Å². The predicted molar refractivity (Wildman–Crippen MR) is 79.1 cm³/mol. The second-order valence-electron chi connectivity index (χ2n) is 6.54. The third-order valence-electron chi connectivity index (χ3n) is 3.51. The third kappa shape index (κ3) is 2.92. The van der Waals surface area contributed by atoms with Crippen molar-refractivity contribution in [2.24, 2.45) is 0 Å². The highest BCUT2D eigenvalue weighted by molar-refractivity contribution is 7.06. The van der Waals surface area contributed by atoms with Crippen molar-refractivity contribution in [3.8, 4) is 0 Å². The van der Waals surface area contributed by atoms with Crippen LogP contribution in [-0.4, -0.2) is 29.5 Å². The van der Waals surface area contributed by atoms with Gasteiger partial charge in [0.1, 0.15) is 8.07 Å². The van der Waals surface area contributed by atoms with Gasteiger partial charge in [-0.3, -0.25) is 0 Å². The van der Waals surface area contributed by atoms with Crippen molar-refractivity contribution in [1.82, 2.24) is 5.32 Å². The lowest BCUT2D eigenvalue weighted by Crippen LogP contribution is -2.27. The Kier molecular flexibility index (Phi) is 3.40. The normalized spacial score (nSPS) is 21.4. The Morgan fingerprint density at radius 3 is 2.59 bits per heavy atom. The number of fused-ring (bicyclic) bond motifs is 1. The van der Waals surface area contributed by atoms with E-state index in [4.69, 9.17) is 4.43 Å². The van der Waals surface area contributed by atoms with Gasteiger partial charge in [-0.2, -0.15) is 0 Å². The monoisotopic (exact) mass is 267 g/mol. The molecule has 17 heavy (non-hydrogen) atoms. The highest BCUT2D eigenvalue weighted by atomic mass is 28.4. The maximum atomic E-state index is 5.85. The molecule has 0 unspecified atom stereocenters. The van der Waals surface area contributed by atoms with E-state index in [9.17, 15) is 0 Å². The summed E-state index contributed by atoms with van der Waals surface area (Å²) in [6.45, 7) is 13.6. The van der Waals surface area contributed by atoms with Crippen LogP contribution in [0.4, 0.5) is 0 Å². The molecule has 0 bridgehead atoms. The van der Waals surface area contributed by atoms with Gasteiger partial charge < -0.3 is 9.74 Å². The Labute approximate surface area is 107 Å². The van der Waals surface area contributed by atoms with Gasteiger partial charge in [-0.15, -0.1) is 0 Å². The fourth-order valence-electron chi connectivity index (χ4n) is 2.55. The number of hydrogen-bond donors (Lipinski definition) is 1. The van der Waals surface area contributed by atoms with E-state index in [0.29, 0.717) is 0 Å². The third-order valence-corrected chi connectivity index (χ3v) is 7.95. The maximum Gasteiger partial charge on any atom is 0.183 e. The maximum absolute atomic E-state index is 5.85. The summed E-state index contributed by atoms with van der Waals surface area (Å²) in [5.41, 5.74) is 1.52. The van der Waals surface area contributed by atoms with Crippen LogP contribution in [0.2, 0.25) is 32.7 Å². The summed E-state index contributed by atoms with van der Waals surface area (Å²) in [5.74, 6) is 0. The van der Waals surface area contributed by atoms with Crippen LogP contribution in [0, 0.1) is 0 Å². The molecule has 0 aromatic rings. The van der Waals surface area contributed by atoms with E-state index in [1.165, 1.54) is 5.70 Å². The van der Waals surface area contributed by atoms with Crippen LogP contribution in [0.25, 0.3) is 0 Å². The van der Waals surface area contributed by atoms with Gasteiger partial charge >= 0.3 is 0 Å². The van der Waals surface area contributed by atoms with Crippen LogP contribution in [0.3, 0.4) is 0 Å². The summed E-state index contributed by atoms with van der Waals surface area (Å²) in [6.07, 6.45) is 4.71. The minimum atomic E-state index is -1.31. The Balaban J connectivity index is 1.67. The number of rotatable bonds is 6. The quantitative estimate of drug-likeness (QED) is 0.589. The lowest BCUT2D eigenvalue weighted by atomic mass is 10.3. The summed E-state index contributed by atoms with van der Waals surface area (Å²) in [6, 6.07) is 0. The van der Waals surface area contributed by atoms with E-state index in [1.807, 2.05) is 0 Å². The number of hydrogen-bond acceptors (Lipinski definition) is 2. The van der Waals surface area contributed by atoms with Crippen molar-refractivity contribution >= 4 is 16.4 Å². The standard InChI is InChI=1S/C13H25NOSi2/c1-16(2,3)15-10-6-9-14-11-7-8-12-13(11)17(12,4)5/h8,14H,6-7,9-10H2,1-5H3. The molecule has 0 spiro atoms. The first kappa shape index (κ1) is 13.1.